The third kappa shape index (κ3) is 4.62. The summed E-state index contributed by atoms with van der Waals surface area (Å²) in [6.07, 6.45) is 1.51. The highest BCUT2D eigenvalue weighted by Gasteiger charge is 2.21. The van der Waals surface area contributed by atoms with E-state index in [1.165, 1.54) is 6.20 Å². The monoisotopic (exact) mass is 369 g/mol. The van der Waals surface area contributed by atoms with Gasteiger partial charge in [0.25, 0.3) is 0 Å². The zero-order chi connectivity index (χ0) is 19.1. The molecule has 134 valence electrons. The van der Waals surface area contributed by atoms with Crippen molar-refractivity contribution in [3.05, 3.63) is 70.5 Å². The van der Waals surface area contributed by atoms with Crippen molar-refractivity contribution in [2.24, 2.45) is 5.92 Å². The highest BCUT2D eigenvalue weighted by molar-refractivity contribution is 6.31. The molecule has 1 unspecified atom stereocenters. The Labute approximate surface area is 158 Å². The van der Waals surface area contributed by atoms with Gasteiger partial charge >= 0.3 is 5.97 Å². The SMILES string of the molecule is CC(C)C(CN/C(=C(/C#N)C(=O)O)c1cccnc1Cl)c1ccccc1. The first-order valence-electron chi connectivity index (χ1n) is 8.23. The first kappa shape index (κ1) is 19.5. The lowest BCUT2D eigenvalue weighted by atomic mass is 9.88. The Bertz CT molecular complexity index is 842. The van der Waals surface area contributed by atoms with Gasteiger partial charge in [0.2, 0.25) is 0 Å². The molecule has 2 N–H and O–H groups in total. The largest absolute Gasteiger partial charge is 0.477 e. The van der Waals surface area contributed by atoms with Crippen LogP contribution in [-0.2, 0) is 4.79 Å². The summed E-state index contributed by atoms with van der Waals surface area (Å²) in [7, 11) is 0. The number of halogens is 1. The van der Waals surface area contributed by atoms with Crippen molar-refractivity contribution in [3.63, 3.8) is 0 Å². The van der Waals surface area contributed by atoms with E-state index in [0.29, 0.717) is 18.0 Å². The second-order valence-electron chi connectivity index (χ2n) is 6.15. The molecule has 26 heavy (non-hydrogen) atoms. The molecule has 0 fully saturated rings. The molecule has 0 saturated heterocycles. The molecule has 0 aliphatic carbocycles. The molecule has 1 aromatic carbocycles. The Morgan fingerprint density at radius 2 is 1.96 bits per heavy atom. The van der Waals surface area contributed by atoms with Crippen LogP contribution in [-0.4, -0.2) is 22.6 Å². The van der Waals surface area contributed by atoms with Crippen LogP contribution in [0.2, 0.25) is 5.15 Å². The molecule has 5 nitrogen and oxygen atoms in total. The lowest BCUT2D eigenvalue weighted by molar-refractivity contribution is -0.132. The highest BCUT2D eigenvalue weighted by atomic mass is 35.5. The molecule has 0 bridgehead atoms. The smallest absolute Gasteiger partial charge is 0.348 e. The molecule has 0 saturated carbocycles. The van der Waals surface area contributed by atoms with Crippen LogP contribution < -0.4 is 5.32 Å². The maximum absolute atomic E-state index is 11.5. The van der Waals surface area contributed by atoms with Crippen LogP contribution in [0.15, 0.2) is 54.2 Å². The Hall–Kier alpha value is -2.84. The van der Waals surface area contributed by atoms with Crippen molar-refractivity contribution in [3.8, 4) is 6.07 Å². The molecule has 6 heteroatoms. The van der Waals surface area contributed by atoms with E-state index in [9.17, 15) is 15.2 Å². The minimum atomic E-state index is -1.31. The molecule has 0 aliphatic rings. The maximum Gasteiger partial charge on any atom is 0.348 e. The number of aliphatic carboxylic acids is 1. The fourth-order valence-electron chi connectivity index (χ4n) is 2.75. The minimum Gasteiger partial charge on any atom is -0.477 e. The molecular weight excluding hydrogens is 350 g/mol. The topological polar surface area (TPSA) is 86.0 Å². The first-order chi connectivity index (χ1) is 12.5. The average Bonchev–Trinajstić information content (AvgIpc) is 2.62. The lowest BCUT2D eigenvalue weighted by Gasteiger charge is -2.24. The summed E-state index contributed by atoms with van der Waals surface area (Å²) >= 11 is 6.13. The summed E-state index contributed by atoms with van der Waals surface area (Å²) in [6.45, 7) is 4.66. The van der Waals surface area contributed by atoms with Crippen LogP contribution in [0.25, 0.3) is 5.70 Å². The van der Waals surface area contributed by atoms with Crippen LogP contribution in [0.3, 0.4) is 0 Å². The zero-order valence-electron chi connectivity index (χ0n) is 14.6. The minimum absolute atomic E-state index is 0.135. The normalized spacial score (nSPS) is 12.9. The number of nitrogens with zero attached hydrogens (tertiary/aromatic N) is 2. The maximum atomic E-state index is 11.5. The number of aromatic nitrogens is 1. The number of pyridine rings is 1. The number of nitrogens with one attached hydrogen (secondary N) is 1. The van der Waals surface area contributed by atoms with E-state index in [4.69, 9.17) is 11.6 Å². The summed E-state index contributed by atoms with van der Waals surface area (Å²) in [5, 5.41) is 22.0. The predicted molar refractivity (Wildman–Crippen MR) is 101 cm³/mol. The van der Waals surface area contributed by atoms with E-state index < -0.39 is 11.5 Å². The molecule has 0 aliphatic heterocycles. The van der Waals surface area contributed by atoms with Gasteiger partial charge in [-0.05, 0) is 23.6 Å². The van der Waals surface area contributed by atoms with Gasteiger partial charge in [-0.1, -0.05) is 55.8 Å². The van der Waals surface area contributed by atoms with Crippen molar-refractivity contribution in [1.82, 2.24) is 10.3 Å². The molecular formula is C20H20ClN3O2. The van der Waals surface area contributed by atoms with Gasteiger partial charge in [-0.25, -0.2) is 9.78 Å². The number of carboxylic acid groups (broad SMARTS) is 1. The molecule has 0 radical (unpaired) electrons. The van der Waals surface area contributed by atoms with Crippen molar-refractivity contribution in [1.29, 1.82) is 5.26 Å². The van der Waals surface area contributed by atoms with Gasteiger partial charge in [-0.2, -0.15) is 5.26 Å². The van der Waals surface area contributed by atoms with Gasteiger partial charge in [0, 0.05) is 24.2 Å². The molecule has 0 spiro atoms. The van der Waals surface area contributed by atoms with Crippen molar-refractivity contribution in [2.45, 2.75) is 19.8 Å². The number of hydrogen-bond donors (Lipinski definition) is 2. The van der Waals surface area contributed by atoms with Gasteiger partial charge in [0.15, 0.2) is 5.57 Å². The van der Waals surface area contributed by atoms with Gasteiger partial charge in [-0.3, -0.25) is 0 Å². The Morgan fingerprint density at radius 3 is 2.50 bits per heavy atom. The van der Waals surface area contributed by atoms with Crippen LogP contribution in [0.1, 0.15) is 30.9 Å². The quantitative estimate of drug-likeness (QED) is 0.436. The van der Waals surface area contributed by atoms with Crippen molar-refractivity contribution >= 4 is 23.3 Å². The van der Waals surface area contributed by atoms with Crippen molar-refractivity contribution < 1.29 is 9.90 Å². The summed E-state index contributed by atoms with van der Waals surface area (Å²) in [5.41, 5.74) is 1.32. The third-order valence-electron chi connectivity index (χ3n) is 4.14. The first-order valence-corrected chi connectivity index (χ1v) is 8.60. The van der Waals surface area contributed by atoms with Gasteiger partial charge in [0.1, 0.15) is 11.2 Å². The van der Waals surface area contributed by atoms with Gasteiger partial charge in [0.05, 0.1) is 5.70 Å². The summed E-state index contributed by atoms with van der Waals surface area (Å²) in [6, 6.07) is 15.0. The van der Waals surface area contributed by atoms with Crippen molar-refractivity contribution in [2.75, 3.05) is 6.54 Å². The highest BCUT2D eigenvalue weighted by Crippen LogP contribution is 2.27. The zero-order valence-corrected chi connectivity index (χ0v) is 15.4. The van der Waals surface area contributed by atoms with E-state index in [1.807, 2.05) is 30.3 Å². The number of benzene rings is 1. The van der Waals surface area contributed by atoms with Crippen LogP contribution in [0.4, 0.5) is 0 Å². The standard InChI is InChI=1S/C20H20ClN3O2/c1-13(2)17(14-7-4-3-5-8-14)12-24-18(16(11-22)20(25)26)15-9-6-10-23-19(15)21/h3-10,13,17,24H,12H2,1-2H3,(H,25,26)/b18-16-. The van der Waals surface area contributed by atoms with E-state index in [1.54, 1.807) is 18.2 Å². The number of hydrogen-bond acceptors (Lipinski definition) is 4. The Morgan fingerprint density at radius 1 is 1.27 bits per heavy atom. The molecule has 1 atom stereocenters. The second kappa shape index (κ2) is 9.02. The molecule has 1 aromatic heterocycles. The van der Waals surface area contributed by atoms with Crippen LogP contribution in [0.5, 0.6) is 0 Å². The van der Waals surface area contributed by atoms with E-state index in [0.717, 1.165) is 5.56 Å². The van der Waals surface area contributed by atoms with E-state index >= 15 is 0 Å². The third-order valence-corrected chi connectivity index (χ3v) is 4.44. The van der Waals surface area contributed by atoms with Gasteiger partial charge < -0.3 is 10.4 Å². The average molecular weight is 370 g/mol. The lowest BCUT2D eigenvalue weighted by Crippen LogP contribution is -2.26. The van der Waals surface area contributed by atoms with E-state index in [2.05, 4.69) is 24.1 Å². The van der Waals surface area contributed by atoms with E-state index in [-0.39, 0.29) is 16.8 Å². The fourth-order valence-corrected chi connectivity index (χ4v) is 2.97. The van der Waals surface area contributed by atoms with Crippen LogP contribution >= 0.6 is 11.6 Å². The molecule has 1 heterocycles. The molecule has 2 rings (SSSR count). The summed E-state index contributed by atoms with van der Waals surface area (Å²) in [5.74, 6) is -0.864. The van der Waals surface area contributed by atoms with Crippen LogP contribution in [0, 0.1) is 17.2 Å². The predicted octanol–water partition coefficient (Wildman–Crippen LogP) is 4.08. The second-order valence-corrected chi connectivity index (χ2v) is 6.51. The Balaban J connectivity index is 2.41. The summed E-state index contributed by atoms with van der Waals surface area (Å²) in [4.78, 5) is 15.5. The number of carbonyl (C=O) groups is 1. The van der Waals surface area contributed by atoms with Gasteiger partial charge in [-0.15, -0.1) is 0 Å². The number of carboxylic acids is 1. The number of rotatable bonds is 7. The molecule has 0 amide bonds. The number of nitriles is 1. The molecule has 2 aromatic rings. The summed E-state index contributed by atoms with van der Waals surface area (Å²) < 4.78 is 0. The fraction of sp³-hybridized carbons (Fsp3) is 0.250. The Kier molecular flexibility index (Phi) is 6.76.